The van der Waals surface area contributed by atoms with Crippen LogP contribution >= 0.6 is 0 Å². The van der Waals surface area contributed by atoms with E-state index in [-0.39, 0.29) is 17.6 Å². The largest absolute Gasteiger partial charge is 0.343 e. The fourth-order valence-corrected chi connectivity index (χ4v) is 7.31. The second kappa shape index (κ2) is 5.33. The summed E-state index contributed by atoms with van der Waals surface area (Å²) in [7, 11) is 0. The number of para-hydroxylation sites is 2. The van der Waals surface area contributed by atoms with Crippen LogP contribution in [0.4, 0.5) is 0 Å². The van der Waals surface area contributed by atoms with Crippen molar-refractivity contribution >= 4 is 49.5 Å². The van der Waals surface area contributed by atoms with E-state index in [4.69, 9.17) is 4.74 Å². The van der Waals surface area contributed by atoms with Gasteiger partial charge in [0, 0.05) is 38.9 Å². The minimum absolute atomic E-state index is 0.0171. The maximum Gasteiger partial charge on any atom is 0.253 e. The van der Waals surface area contributed by atoms with Gasteiger partial charge in [0.15, 0.2) is 5.72 Å². The standard InChI is InChI=1S/C29H27N3O2/c1-27(2)14-19-31-17-12-8-6-10-15(17)20-22-23(28(3,4)30-26(22)33)21-16-11-7-9-13-18(16)32(25(21)24(20)31)29(27,5)34-19/h6-13,19H,14H2,1-5H3,(H,30,33). The van der Waals surface area contributed by atoms with E-state index in [9.17, 15) is 4.79 Å². The molecule has 1 saturated heterocycles. The van der Waals surface area contributed by atoms with Gasteiger partial charge < -0.3 is 19.2 Å². The summed E-state index contributed by atoms with van der Waals surface area (Å²) in [5.41, 5.74) is 5.46. The molecule has 3 aromatic carbocycles. The highest BCUT2D eigenvalue weighted by atomic mass is 16.5. The number of carbonyl (C=O) groups is 1. The Morgan fingerprint density at radius 2 is 1.53 bits per heavy atom. The monoisotopic (exact) mass is 449 g/mol. The summed E-state index contributed by atoms with van der Waals surface area (Å²) in [5.74, 6) is 0.0171. The molecule has 0 radical (unpaired) electrons. The second-order valence-corrected chi connectivity index (χ2v) is 11.7. The van der Waals surface area contributed by atoms with Crippen molar-refractivity contribution in [2.75, 3.05) is 0 Å². The Hall–Kier alpha value is -3.31. The molecule has 0 spiro atoms. The number of ether oxygens (including phenoxy) is 1. The first-order chi connectivity index (χ1) is 16.2. The highest BCUT2D eigenvalue weighted by molar-refractivity contribution is 6.31. The third kappa shape index (κ3) is 1.80. The van der Waals surface area contributed by atoms with Gasteiger partial charge >= 0.3 is 0 Å². The molecule has 5 heterocycles. The predicted octanol–water partition coefficient (Wildman–Crippen LogP) is 6.51. The molecule has 1 fully saturated rings. The van der Waals surface area contributed by atoms with Gasteiger partial charge in [0.05, 0.1) is 33.2 Å². The van der Waals surface area contributed by atoms with E-state index in [2.05, 4.69) is 97.6 Å². The van der Waals surface area contributed by atoms with Crippen molar-refractivity contribution in [2.24, 2.45) is 5.41 Å². The summed E-state index contributed by atoms with van der Waals surface area (Å²) in [6.45, 7) is 11.2. The van der Waals surface area contributed by atoms with E-state index in [1.807, 2.05) is 0 Å². The highest BCUT2D eigenvalue weighted by Gasteiger charge is 2.57. The number of hydrogen-bond acceptors (Lipinski definition) is 2. The number of benzene rings is 3. The molecule has 3 aliphatic heterocycles. The maximum absolute atomic E-state index is 13.6. The summed E-state index contributed by atoms with van der Waals surface area (Å²) in [6.07, 6.45) is 0.805. The van der Waals surface area contributed by atoms with Gasteiger partial charge in [0.25, 0.3) is 5.91 Å². The second-order valence-electron chi connectivity index (χ2n) is 11.7. The summed E-state index contributed by atoms with van der Waals surface area (Å²) in [6, 6.07) is 17.1. The first kappa shape index (κ1) is 19.0. The van der Waals surface area contributed by atoms with Gasteiger partial charge in [-0.1, -0.05) is 50.2 Å². The minimum atomic E-state index is -0.527. The molecule has 2 bridgehead atoms. The topological polar surface area (TPSA) is 48.2 Å². The van der Waals surface area contributed by atoms with Crippen LogP contribution in [0.5, 0.6) is 0 Å². The van der Waals surface area contributed by atoms with Crippen LogP contribution in [0.25, 0.3) is 43.6 Å². The summed E-state index contributed by atoms with van der Waals surface area (Å²) < 4.78 is 11.9. The first-order valence-electron chi connectivity index (χ1n) is 12.2. The number of nitrogens with zero attached hydrogens (tertiary/aromatic N) is 2. The van der Waals surface area contributed by atoms with Gasteiger partial charge in [-0.05, 0) is 32.9 Å². The van der Waals surface area contributed by atoms with Crippen LogP contribution in [0.15, 0.2) is 48.5 Å². The SMILES string of the molecule is CC1(C)NC(=O)c2c1c1c3ccccc3n3c1c1c2c2ccccc2n1C1CC(C)(C)C3(C)O1. The van der Waals surface area contributed by atoms with Crippen LogP contribution in [-0.4, -0.2) is 15.0 Å². The Morgan fingerprint density at radius 1 is 0.882 bits per heavy atom. The van der Waals surface area contributed by atoms with Crippen LogP contribution in [0.2, 0.25) is 0 Å². The summed E-state index contributed by atoms with van der Waals surface area (Å²) in [5, 5.41) is 7.85. The van der Waals surface area contributed by atoms with Crippen LogP contribution in [0.1, 0.15) is 63.2 Å². The third-order valence-electron chi connectivity index (χ3n) is 9.06. The molecular formula is C29H27N3O2. The van der Waals surface area contributed by atoms with Crippen molar-refractivity contribution in [1.82, 2.24) is 14.5 Å². The molecule has 0 saturated carbocycles. The molecule has 8 rings (SSSR count). The lowest BCUT2D eigenvalue weighted by Crippen LogP contribution is -2.41. The van der Waals surface area contributed by atoms with E-state index in [0.29, 0.717) is 0 Å². The van der Waals surface area contributed by atoms with E-state index < -0.39 is 11.3 Å². The van der Waals surface area contributed by atoms with Gasteiger partial charge in [0.2, 0.25) is 0 Å². The molecule has 3 aliphatic rings. The Kier molecular flexibility index (Phi) is 2.99. The Morgan fingerprint density at radius 3 is 2.26 bits per heavy atom. The van der Waals surface area contributed by atoms with Crippen LogP contribution in [0, 0.1) is 5.41 Å². The van der Waals surface area contributed by atoms with Gasteiger partial charge in [-0.15, -0.1) is 0 Å². The zero-order valence-electron chi connectivity index (χ0n) is 20.1. The average molecular weight is 450 g/mol. The van der Waals surface area contributed by atoms with Crippen LogP contribution < -0.4 is 5.32 Å². The zero-order valence-corrected chi connectivity index (χ0v) is 20.1. The van der Waals surface area contributed by atoms with Gasteiger partial charge in [0.1, 0.15) is 6.23 Å². The van der Waals surface area contributed by atoms with E-state index in [0.717, 1.165) is 44.9 Å². The Bertz CT molecular complexity index is 1780. The molecule has 2 unspecified atom stereocenters. The quantitative estimate of drug-likeness (QED) is 0.293. The van der Waals surface area contributed by atoms with E-state index in [1.165, 1.54) is 16.3 Å². The first-order valence-corrected chi connectivity index (χ1v) is 12.2. The van der Waals surface area contributed by atoms with Crippen molar-refractivity contribution in [3.05, 3.63) is 59.7 Å². The van der Waals surface area contributed by atoms with Crippen molar-refractivity contribution in [2.45, 2.75) is 58.5 Å². The molecule has 5 nitrogen and oxygen atoms in total. The average Bonchev–Trinajstić information content (AvgIpc) is 3.41. The summed E-state index contributed by atoms with van der Waals surface area (Å²) >= 11 is 0. The number of aromatic nitrogens is 2. The maximum atomic E-state index is 13.6. The smallest absolute Gasteiger partial charge is 0.253 e. The molecular weight excluding hydrogens is 422 g/mol. The fraction of sp³-hybridized carbons (Fsp3) is 0.345. The molecule has 0 aliphatic carbocycles. The van der Waals surface area contributed by atoms with Crippen LogP contribution in [0.3, 0.4) is 0 Å². The predicted molar refractivity (Wildman–Crippen MR) is 135 cm³/mol. The van der Waals surface area contributed by atoms with Crippen molar-refractivity contribution in [1.29, 1.82) is 0 Å². The lowest BCUT2D eigenvalue weighted by Gasteiger charge is -2.39. The van der Waals surface area contributed by atoms with Gasteiger partial charge in [-0.3, -0.25) is 4.79 Å². The molecule has 170 valence electrons. The number of rotatable bonds is 0. The Labute approximate surface area is 197 Å². The van der Waals surface area contributed by atoms with Gasteiger partial charge in [-0.25, -0.2) is 0 Å². The molecule has 2 aromatic heterocycles. The molecule has 2 atom stereocenters. The van der Waals surface area contributed by atoms with Crippen LogP contribution in [-0.2, 0) is 16.0 Å². The number of amides is 1. The van der Waals surface area contributed by atoms with Crippen molar-refractivity contribution < 1.29 is 9.53 Å². The van der Waals surface area contributed by atoms with E-state index >= 15 is 0 Å². The number of fused-ring (bicyclic) bond motifs is 13. The highest BCUT2D eigenvalue weighted by Crippen LogP contribution is 2.61. The van der Waals surface area contributed by atoms with Crippen molar-refractivity contribution in [3.63, 3.8) is 0 Å². The van der Waals surface area contributed by atoms with Crippen molar-refractivity contribution in [3.8, 4) is 0 Å². The Balaban J connectivity index is 1.81. The van der Waals surface area contributed by atoms with E-state index in [1.54, 1.807) is 0 Å². The molecule has 5 heteroatoms. The molecule has 1 N–H and O–H groups in total. The lowest BCUT2D eigenvalue weighted by atomic mass is 9.80. The number of carbonyl (C=O) groups excluding carboxylic acids is 1. The molecule has 1 amide bonds. The fourth-order valence-electron chi connectivity index (χ4n) is 7.31. The summed E-state index contributed by atoms with van der Waals surface area (Å²) in [4.78, 5) is 13.6. The van der Waals surface area contributed by atoms with Gasteiger partial charge in [-0.2, -0.15) is 0 Å². The third-order valence-corrected chi connectivity index (χ3v) is 9.06. The molecule has 5 aromatic rings. The number of hydrogen-bond donors (Lipinski definition) is 1. The number of nitrogens with one attached hydrogen (secondary N) is 1. The zero-order chi connectivity index (χ0) is 23.4. The molecule has 34 heavy (non-hydrogen) atoms. The minimum Gasteiger partial charge on any atom is -0.343 e. The lowest BCUT2D eigenvalue weighted by molar-refractivity contribution is -0.136. The normalized spacial score (nSPS) is 26.1.